The molecule has 1 aliphatic heterocycles. The number of fused-ring (bicyclic) bond motifs is 1. The van der Waals surface area contributed by atoms with Gasteiger partial charge in [0.25, 0.3) is 0 Å². The minimum atomic E-state index is -1.59. The molecule has 0 bridgehead atoms. The SMILES string of the molecule is CSc1ccc(Cc2n[nH]c3cc(C)cc(OO[C@@H]4[C@@H](O)[C@H](O)[C@@H](CO)O[C@H]4O)c23)cc1. The molecule has 0 amide bonds. The van der Waals surface area contributed by atoms with Crippen LogP contribution in [0.3, 0.4) is 0 Å². The molecule has 0 unspecified atom stereocenters. The normalized spacial score (nSPS) is 25.9. The number of thioether (sulfide) groups is 1. The lowest BCUT2D eigenvalue weighted by molar-refractivity contribution is -0.364. The van der Waals surface area contributed by atoms with Crippen LogP contribution in [0.2, 0.25) is 0 Å². The molecular weight excluding hydrogens is 436 g/mol. The number of aromatic nitrogens is 2. The van der Waals surface area contributed by atoms with Crippen molar-refractivity contribution in [2.24, 2.45) is 0 Å². The van der Waals surface area contributed by atoms with Crippen LogP contribution in [0.25, 0.3) is 10.9 Å². The van der Waals surface area contributed by atoms with E-state index in [1.165, 1.54) is 4.90 Å². The standard InChI is InChI=1S/C22H26N2O7S/c1-11-7-14-18(15(24-23-14)9-12-3-5-13(32-2)6-4-12)16(8-11)30-31-21-20(27)19(26)17(10-25)29-22(21)28/h3-8,17,19-22,25-28H,9-10H2,1-2H3,(H,23,24)/t17-,19-,20+,21-,22-/m1/s1. The molecule has 1 saturated heterocycles. The molecule has 32 heavy (non-hydrogen) atoms. The zero-order valence-corrected chi connectivity index (χ0v) is 18.5. The van der Waals surface area contributed by atoms with E-state index in [-0.39, 0.29) is 0 Å². The highest BCUT2D eigenvalue weighted by atomic mass is 32.2. The molecule has 0 spiro atoms. The van der Waals surface area contributed by atoms with E-state index in [4.69, 9.17) is 14.5 Å². The number of hydrogen-bond acceptors (Lipinski definition) is 9. The van der Waals surface area contributed by atoms with Crippen LogP contribution in [0.15, 0.2) is 41.3 Å². The molecule has 5 N–H and O–H groups in total. The second-order valence-electron chi connectivity index (χ2n) is 7.75. The summed E-state index contributed by atoms with van der Waals surface area (Å²) in [5, 5.41) is 47.8. The Morgan fingerprint density at radius 2 is 1.88 bits per heavy atom. The van der Waals surface area contributed by atoms with Crippen LogP contribution in [-0.2, 0) is 16.0 Å². The van der Waals surface area contributed by atoms with Crippen LogP contribution in [0, 0.1) is 6.92 Å². The number of aliphatic hydroxyl groups is 4. The Morgan fingerprint density at radius 1 is 1.12 bits per heavy atom. The summed E-state index contributed by atoms with van der Waals surface area (Å²) in [6.45, 7) is 1.33. The maximum Gasteiger partial charge on any atom is 0.188 e. The van der Waals surface area contributed by atoms with E-state index in [2.05, 4.69) is 22.3 Å². The number of nitrogens with one attached hydrogen (secondary N) is 1. The second kappa shape index (κ2) is 9.75. The molecule has 0 radical (unpaired) electrons. The molecular formula is C22H26N2O7S. The van der Waals surface area contributed by atoms with Gasteiger partial charge in [-0.05, 0) is 48.6 Å². The van der Waals surface area contributed by atoms with E-state index in [9.17, 15) is 20.4 Å². The molecule has 4 rings (SSSR count). The molecule has 172 valence electrons. The van der Waals surface area contributed by atoms with Crippen molar-refractivity contribution in [3.05, 3.63) is 53.2 Å². The van der Waals surface area contributed by atoms with Gasteiger partial charge in [0.15, 0.2) is 18.1 Å². The molecule has 2 heterocycles. The quantitative estimate of drug-likeness (QED) is 0.200. The summed E-state index contributed by atoms with van der Waals surface area (Å²) in [6, 6.07) is 11.9. The van der Waals surface area contributed by atoms with Crippen LogP contribution in [0.5, 0.6) is 5.75 Å². The Bertz CT molecular complexity index is 1060. The van der Waals surface area contributed by atoms with E-state index >= 15 is 0 Å². The first kappa shape index (κ1) is 23.0. The first-order valence-electron chi connectivity index (χ1n) is 10.2. The summed E-state index contributed by atoms with van der Waals surface area (Å²) in [7, 11) is 0. The van der Waals surface area contributed by atoms with Crippen LogP contribution in [-0.4, -0.2) is 74.2 Å². The van der Waals surface area contributed by atoms with Gasteiger partial charge < -0.3 is 30.1 Å². The Labute approximate surface area is 188 Å². The van der Waals surface area contributed by atoms with Gasteiger partial charge in [-0.15, -0.1) is 11.8 Å². The molecule has 0 saturated carbocycles. The van der Waals surface area contributed by atoms with E-state index in [0.717, 1.165) is 22.3 Å². The minimum absolute atomic E-state index is 0.350. The number of aryl methyl sites for hydroxylation is 1. The molecule has 0 aliphatic carbocycles. The third-order valence-electron chi connectivity index (χ3n) is 5.47. The average molecular weight is 463 g/mol. The Balaban J connectivity index is 1.57. The van der Waals surface area contributed by atoms with Gasteiger partial charge in [-0.3, -0.25) is 5.10 Å². The van der Waals surface area contributed by atoms with Crippen molar-refractivity contribution in [2.75, 3.05) is 12.9 Å². The van der Waals surface area contributed by atoms with E-state index in [1.54, 1.807) is 17.8 Å². The van der Waals surface area contributed by atoms with Gasteiger partial charge in [0.05, 0.1) is 23.2 Å². The fraction of sp³-hybridized carbons (Fsp3) is 0.409. The van der Waals surface area contributed by atoms with Crippen LogP contribution in [0.1, 0.15) is 16.8 Å². The molecule has 3 aromatic rings. The zero-order chi connectivity index (χ0) is 22.8. The van der Waals surface area contributed by atoms with Crippen molar-refractivity contribution >= 4 is 22.7 Å². The maximum atomic E-state index is 10.3. The summed E-state index contributed by atoms with van der Waals surface area (Å²) in [6.07, 6.45) is -4.47. The monoisotopic (exact) mass is 462 g/mol. The van der Waals surface area contributed by atoms with Crippen molar-refractivity contribution < 1.29 is 34.9 Å². The van der Waals surface area contributed by atoms with Crippen molar-refractivity contribution in [2.45, 2.75) is 48.9 Å². The lowest BCUT2D eigenvalue weighted by Crippen LogP contribution is -2.59. The van der Waals surface area contributed by atoms with Crippen LogP contribution < -0.4 is 4.89 Å². The molecule has 10 heteroatoms. The zero-order valence-electron chi connectivity index (χ0n) is 17.6. The minimum Gasteiger partial charge on any atom is -0.394 e. The van der Waals surface area contributed by atoms with E-state index < -0.39 is 37.3 Å². The van der Waals surface area contributed by atoms with Gasteiger partial charge in [0, 0.05) is 11.3 Å². The van der Waals surface area contributed by atoms with Crippen LogP contribution >= 0.6 is 11.8 Å². The van der Waals surface area contributed by atoms with Crippen molar-refractivity contribution in [1.82, 2.24) is 10.2 Å². The third-order valence-corrected chi connectivity index (χ3v) is 6.21. The van der Waals surface area contributed by atoms with Crippen molar-refractivity contribution in [3.8, 4) is 5.75 Å². The maximum absolute atomic E-state index is 10.3. The molecule has 1 fully saturated rings. The number of H-pyrrole nitrogens is 1. The van der Waals surface area contributed by atoms with Gasteiger partial charge in [-0.2, -0.15) is 9.99 Å². The number of benzene rings is 2. The molecule has 9 nitrogen and oxygen atoms in total. The van der Waals surface area contributed by atoms with Crippen molar-refractivity contribution in [1.29, 1.82) is 0 Å². The Kier molecular flexibility index (Phi) is 7.01. The van der Waals surface area contributed by atoms with Gasteiger partial charge >= 0.3 is 0 Å². The molecule has 1 aliphatic rings. The molecule has 2 aromatic carbocycles. The fourth-order valence-electron chi connectivity index (χ4n) is 3.74. The highest BCUT2D eigenvalue weighted by molar-refractivity contribution is 7.98. The van der Waals surface area contributed by atoms with E-state index in [0.29, 0.717) is 17.6 Å². The number of aliphatic hydroxyl groups excluding tert-OH is 4. The largest absolute Gasteiger partial charge is 0.394 e. The summed E-state index contributed by atoms with van der Waals surface area (Å²) in [5.41, 5.74) is 3.46. The van der Waals surface area contributed by atoms with Gasteiger partial charge in [0.1, 0.15) is 18.3 Å². The van der Waals surface area contributed by atoms with Gasteiger partial charge in [-0.25, -0.2) is 0 Å². The number of rotatable bonds is 7. The smallest absolute Gasteiger partial charge is 0.188 e. The van der Waals surface area contributed by atoms with Crippen molar-refractivity contribution in [3.63, 3.8) is 0 Å². The number of nitrogens with zero attached hydrogens (tertiary/aromatic N) is 1. The highest BCUT2D eigenvalue weighted by Crippen LogP contribution is 2.32. The first-order chi connectivity index (χ1) is 15.4. The lowest BCUT2D eigenvalue weighted by Gasteiger charge is -2.38. The van der Waals surface area contributed by atoms with Gasteiger partial charge in [-0.1, -0.05) is 12.1 Å². The van der Waals surface area contributed by atoms with Gasteiger partial charge in [0.2, 0.25) is 0 Å². The molecule has 5 atom stereocenters. The summed E-state index contributed by atoms with van der Waals surface area (Å²) in [4.78, 5) is 12.0. The second-order valence-corrected chi connectivity index (χ2v) is 8.63. The predicted molar refractivity (Wildman–Crippen MR) is 117 cm³/mol. The highest BCUT2D eigenvalue weighted by Gasteiger charge is 2.45. The number of aromatic amines is 1. The fourth-order valence-corrected chi connectivity index (χ4v) is 4.14. The van der Waals surface area contributed by atoms with E-state index in [1.807, 2.05) is 31.4 Å². The Hall–Kier alpha value is -2.18. The molecule has 1 aromatic heterocycles. The number of ether oxygens (including phenoxy) is 1. The summed E-state index contributed by atoms with van der Waals surface area (Å²) in [5.74, 6) is 0.350. The van der Waals surface area contributed by atoms with Crippen LogP contribution in [0.4, 0.5) is 0 Å². The lowest BCUT2D eigenvalue weighted by atomic mass is 9.99. The number of hydrogen-bond donors (Lipinski definition) is 5. The average Bonchev–Trinajstić information content (AvgIpc) is 3.18. The third kappa shape index (κ3) is 4.62. The summed E-state index contributed by atoms with van der Waals surface area (Å²) < 4.78 is 5.11. The topological polar surface area (TPSA) is 137 Å². The summed E-state index contributed by atoms with van der Waals surface area (Å²) >= 11 is 1.67. The Morgan fingerprint density at radius 3 is 2.56 bits per heavy atom. The first-order valence-corrected chi connectivity index (χ1v) is 11.4. The predicted octanol–water partition coefficient (Wildman–Crippen LogP) is 1.29.